The van der Waals surface area contributed by atoms with E-state index in [9.17, 15) is 0 Å². The lowest BCUT2D eigenvalue weighted by Gasteiger charge is -2.24. The van der Waals surface area contributed by atoms with Crippen LogP contribution >= 0.6 is 24.0 Å². The topological polar surface area (TPSA) is 28.7 Å². The first-order valence-electron chi connectivity index (χ1n) is 6.20. The summed E-state index contributed by atoms with van der Waals surface area (Å²) in [6.45, 7) is 6.60. The molecule has 2 nitrogen and oxygen atoms in total. The number of hydrogen-bond acceptors (Lipinski definition) is 3. The molecule has 2 heterocycles. The predicted octanol–water partition coefficient (Wildman–Crippen LogP) is 4.39. The largest absolute Gasteiger partial charge is 0.346 e. The van der Waals surface area contributed by atoms with Gasteiger partial charge in [0.1, 0.15) is 10.5 Å². The molecule has 1 aliphatic rings. The Bertz CT molecular complexity index is 439. The molecule has 1 aromatic rings. The van der Waals surface area contributed by atoms with Crippen LogP contribution in [0.15, 0.2) is 6.07 Å². The predicted molar refractivity (Wildman–Crippen MR) is 77.2 cm³/mol. The van der Waals surface area contributed by atoms with Gasteiger partial charge in [-0.15, -0.1) is 0 Å². The maximum atomic E-state index is 5.28. The minimum absolute atomic E-state index is 0.102. The zero-order chi connectivity index (χ0) is 12.5. The summed E-state index contributed by atoms with van der Waals surface area (Å²) in [6, 6.07) is 1.99. The molecular weight excluding hydrogens is 248 g/mol. The number of hydrogen-bond donors (Lipinski definition) is 1. The number of thioether (sulfide) groups is 1. The fourth-order valence-electron chi connectivity index (χ4n) is 1.99. The third kappa shape index (κ3) is 3.32. The van der Waals surface area contributed by atoms with E-state index in [2.05, 4.69) is 30.7 Å². The van der Waals surface area contributed by atoms with E-state index in [0.29, 0.717) is 5.25 Å². The molecule has 0 aliphatic carbocycles. The third-order valence-corrected chi connectivity index (χ3v) is 4.65. The van der Waals surface area contributed by atoms with Crippen LogP contribution < -0.4 is 0 Å². The Morgan fingerprint density at radius 2 is 2.18 bits per heavy atom. The first-order chi connectivity index (χ1) is 7.97. The van der Waals surface area contributed by atoms with Crippen LogP contribution in [0.2, 0.25) is 0 Å². The van der Waals surface area contributed by atoms with E-state index in [1.807, 2.05) is 17.8 Å². The van der Waals surface area contributed by atoms with Gasteiger partial charge in [0.25, 0.3) is 0 Å². The number of nitrogens with one attached hydrogen (secondary N) is 1. The molecule has 0 spiro atoms. The molecule has 1 aromatic heterocycles. The van der Waals surface area contributed by atoms with Crippen molar-refractivity contribution in [3.05, 3.63) is 22.2 Å². The Morgan fingerprint density at radius 1 is 1.41 bits per heavy atom. The Hall–Kier alpha value is -0.350. The van der Waals surface area contributed by atoms with E-state index in [4.69, 9.17) is 12.2 Å². The van der Waals surface area contributed by atoms with Crippen LogP contribution in [0, 0.1) is 4.64 Å². The molecule has 1 fully saturated rings. The highest BCUT2D eigenvalue weighted by atomic mass is 32.2. The van der Waals surface area contributed by atoms with Gasteiger partial charge < -0.3 is 4.98 Å². The van der Waals surface area contributed by atoms with Gasteiger partial charge >= 0.3 is 0 Å². The van der Waals surface area contributed by atoms with Crippen LogP contribution in [0.1, 0.15) is 56.8 Å². The van der Waals surface area contributed by atoms with Crippen molar-refractivity contribution in [3.8, 4) is 0 Å². The van der Waals surface area contributed by atoms with Crippen molar-refractivity contribution in [1.29, 1.82) is 0 Å². The van der Waals surface area contributed by atoms with E-state index in [0.717, 1.165) is 10.5 Å². The first kappa shape index (κ1) is 13.1. The van der Waals surface area contributed by atoms with Gasteiger partial charge in [-0.25, -0.2) is 4.98 Å². The summed E-state index contributed by atoms with van der Waals surface area (Å²) in [7, 11) is 0. The van der Waals surface area contributed by atoms with Crippen LogP contribution in [0.3, 0.4) is 0 Å². The number of H-pyrrole nitrogens is 1. The van der Waals surface area contributed by atoms with E-state index >= 15 is 0 Å². The molecule has 0 aromatic carbocycles. The van der Waals surface area contributed by atoms with E-state index in [-0.39, 0.29) is 5.41 Å². The van der Waals surface area contributed by atoms with E-state index < -0.39 is 0 Å². The molecule has 94 valence electrons. The van der Waals surface area contributed by atoms with E-state index in [1.165, 1.54) is 30.7 Å². The minimum Gasteiger partial charge on any atom is -0.346 e. The second kappa shape index (κ2) is 5.11. The highest BCUT2D eigenvalue weighted by Gasteiger charge is 2.21. The summed E-state index contributed by atoms with van der Waals surface area (Å²) in [4.78, 5) is 8.01. The second-order valence-electron chi connectivity index (χ2n) is 5.62. The van der Waals surface area contributed by atoms with E-state index in [1.54, 1.807) is 0 Å². The molecule has 1 aliphatic heterocycles. The summed E-state index contributed by atoms with van der Waals surface area (Å²) >= 11 is 7.29. The standard InChI is InChI=1S/C13H20N2S2/c1-13(2,3)10-8-11(16)15-12(14-10)9-6-4-5-7-17-9/h8-9H,4-7H2,1-3H3,(H,14,15,16). The summed E-state index contributed by atoms with van der Waals surface area (Å²) in [5, 5.41) is 0.507. The summed E-state index contributed by atoms with van der Waals surface area (Å²) in [5.74, 6) is 2.32. The summed E-state index contributed by atoms with van der Waals surface area (Å²) < 4.78 is 0.717. The van der Waals surface area contributed by atoms with Crippen molar-refractivity contribution >= 4 is 24.0 Å². The first-order valence-corrected chi connectivity index (χ1v) is 7.66. The summed E-state index contributed by atoms with van der Waals surface area (Å²) in [5.41, 5.74) is 1.29. The molecule has 0 radical (unpaired) electrons. The molecule has 2 rings (SSSR count). The molecule has 4 heteroatoms. The molecule has 1 N–H and O–H groups in total. The lowest BCUT2D eigenvalue weighted by molar-refractivity contribution is 0.556. The number of nitrogens with zero attached hydrogens (tertiary/aromatic N) is 1. The Morgan fingerprint density at radius 3 is 2.76 bits per heavy atom. The van der Waals surface area contributed by atoms with Gasteiger partial charge in [-0.3, -0.25) is 0 Å². The third-order valence-electron chi connectivity index (χ3n) is 3.05. The van der Waals surface area contributed by atoms with Gasteiger partial charge in [0, 0.05) is 11.1 Å². The quantitative estimate of drug-likeness (QED) is 0.766. The summed E-state index contributed by atoms with van der Waals surface area (Å²) in [6.07, 6.45) is 3.86. The maximum absolute atomic E-state index is 5.28. The van der Waals surface area contributed by atoms with Crippen molar-refractivity contribution in [2.24, 2.45) is 0 Å². The second-order valence-corrected chi connectivity index (χ2v) is 7.35. The van der Waals surface area contributed by atoms with Gasteiger partial charge in [-0.1, -0.05) is 39.4 Å². The van der Waals surface area contributed by atoms with Crippen molar-refractivity contribution in [2.45, 2.75) is 50.7 Å². The maximum Gasteiger partial charge on any atom is 0.130 e. The molecule has 0 amide bonds. The average Bonchev–Trinajstić information content (AvgIpc) is 2.28. The molecule has 1 unspecified atom stereocenters. The van der Waals surface area contributed by atoms with Crippen LogP contribution in [-0.4, -0.2) is 15.7 Å². The molecule has 1 atom stereocenters. The molecule has 0 bridgehead atoms. The van der Waals surface area contributed by atoms with Crippen molar-refractivity contribution in [1.82, 2.24) is 9.97 Å². The van der Waals surface area contributed by atoms with Gasteiger partial charge in [0.15, 0.2) is 0 Å². The fraction of sp³-hybridized carbons (Fsp3) is 0.692. The highest BCUT2D eigenvalue weighted by Crippen LogP contribution is 2.37. The van der Waals surface area contributed by atoms with Crippen molar-refractivity contribution in [2.75, 3.05) is 5.75 Å². The van der Waals surface area contributed by atoms with Gasteiger partial charge in [0.2, 0.25) is 0 Å². The van der Waals surface area contributed by atoms with Crippen LogP contribution in [0.5, 0.6) is 0 Å². The molecule has 0 saturated carbocycles. The lowest BCUT2D eigenvalue weighted by Crippen LogP contribution is -2.17. The zero-order valence-electron chi connectivity index (χ0n) is 10.7. The van der Waals surface area contributed by atoms with Crippen molar-refractivity contribution in [3.63, 3.8) is 0 Å². The zero-order valence-corrected chi connectivity index (χ0v) is 12.4. The Balaban J connectivity index is 2.34. The van der Waals surface area contributed by atoms with Gasteiger partial charge in [-0.2, -0.15) is 11.8 Å². The number of aromatic nitrogens is 2. The smallest absolute Gasteiger partial charge is 0.130 e. The van der Waals surface area contributed by atoms with Crippen LogP contribution in [-0.2, 0) is 5.41 Å². The van der Waals surface area contributed by atoms with Gasteiger partial charge in [-0.05, 0) is 24.7 Å². The van der Waals surface area contributed by atoms with Gasteiger partial charge in [0.05, 0.1) is 5.25 Å². The minimum atomic E-state index is 0.102. The normalized spacial score (nSPS) is 21.5. The molecule has 1 saturated heterocycles. The number of aromatic amines is 1. The molecule has 17 heavy (non-hydrogen) atoms. The fourth-order valence-corrected chi connectivity index (χ4v) is 3.46. The Labute approximate surface area is 113 Å². The van der Waals surface area contributed by atoms with Crippen molar-refractivity contribution < 1.29 is 0 Å². The monoisotopic (exact) mass is 268 g/mol. The van der Waals surface area contributed by atoms with Crippen LogP contribution in [0.4, 0.5) is 0 Å². The Kier molecular flexibility index (Phi) is 3.93. The highest BCUT2D eigenvalue weighted by molar-refractivity contribution is 7.99. The number of rotatable bonds is 1. The SMILES string of the molecule is CC(C)(C)c1cc(=S)nc(C2CCCCS2)[nH]1. The average molecular weight is 268 g/mol. The lowest BCUT2D eigenvalue weighted by atomic mass is 9.92. The molecular formula is C13H20N2S2. The van der Waals surface area contributed by atoms with Crippen LogP contribution in [0.25, 0.3) is 0 Å².